The van der Waals surface area contributed by atoms with E-state index in [4.69, 9.17) is 8.83 Å². The first-order valence-electron chi connectivity index (χ1n) is 18.7. The van der Waals surface area contributed by atoms with Crippen molar-refractivity contribution in [2.45, 2.75) is 0 Å². The van der Waals surface area contributed by atoms with Crippen molar-refractivity contribution in [3.8, 4) is 73.6 Å². The number of benzene rings is 8. The van der Waals surface area contributed by atoms with E-state index in [0.29, 0.717) is 38.7 Å². The molecule has 286 valence electrons. The van der Waals surface area contributed by atoms with Gasteiger partial charge in [-0.25, -0.2) is 0 Å². The number of nitrogens with zero attached hydrogens (tertiary/aromatic N) is 1. The number of rotatable bonds is 6. The van der Waals surface area contributed by atoms with E-state index in [2.05, 4.69) is 0 Å². The summed E-state index contributed by atoms with van der Waals surface area (Å²) < 4.78 is 12.5. The fourth-order valence-corrected chi connectivity index (χ4v) is 8.29. The third-order valence-corrected chi connectivity index (χ3v) is 11.0. The normalized spacial score (nSPS) is 11.6. The standard InChI is InChI=1S/C48H32BNO9/c49-38-37(30-15-8-14-28-27-12-4-6-17-32(27)59-48(28)30)43(53)47(57)44(54)39(38)50(31-16-9-19-34-36(31)29-13-5-7-18-33(29)58-34)40-45(55)41(51)35(42(52)46(40)56)26-22-20-25(21-23-26)24-10-2-1-3-11-24/h1-23,51-57H,49H2. The maximum absolute atomic E-state index is 12.1. The molecule has 0 saturated heterocycles. The smallest absolute Gasteiger partial charge is 0.203 e. The van der Waals surface area contributed by atoms with Gasteiger partial charge in [-0.3, -0.25) is 4.90 Å². The van der Waals surface area contributed by atoms with Gasteiger partial charge in [0.15, 0.2) is 34.5 Å². The van der Waals surface area contributed by atoms with Crippen molar-refractivity contribution in [2.24, 2.45) is 0 Å². The molecule has 0 atom stereocenters. The van der Waals surface area contributed by atoms with E-state index >= 15 is 0 Å². The summed E-state index contributed by atoms with van der Waals surface area (Å²) in [5.74, 6) is -5.67. The first-order chi connectivity index (χ1) is 28.6. The number of hydrogen-bond acceptors (Lipinski definition) is 10. The van der Waals surface area contributed by atoms with Crippen molar-refractivity contribution >= 4 is 74.2 Å². The maximum Gasteiger partial charge on any atom is 0.203 e. The molecule has 10 rings (SSSR count). The lowest BCUT2D eigenvalue weighted by molar-refractivity contribution is 0.369. The molecular weight excluding hydrogens is 745 g/mol. The highest BCUT2D eigenvalue weighted by molar-refractivity contribution is 6.42. The number of hydrogen-bond donors (Lipinski definition) is 7. The summed E-state index contributed by atoms with van der Waals surface area (Å²) in [5, 5.41) is 85.8. The Morgan fingerprint density at radius 3 is 1.63 bits per heavy atom. The molecule has 59 heavy (non-hydrogen) atoms. The van der Waals surface area contributed by atoms with E-state index in [0.717, 1.165) is 21.9 Å². The summed E-state index contributed by atoms with van der Waals surface area (Å²) in [6, 6.07) is 41.5. The van der Waals surface area contributed by atoms with Crippen molar-refractivity contribution in [1.29, 1.82) is 0 Å². The molecular formula is C48H32BNO9. The van der Waals surface area contributed by atoms with Gasteiger partial charge in [-0.2, -0.15) is 0 Å². The van der Waals surface area contributed by atoms with Crippen LogP contribution >= 0.6 is 0 Å². The molecule has 0 fully saturated rings. The molecule has 2 heterocycles. The van der Waals surface area contributed by atoms with E-state index in [1.807, 2.05) is 72.8 Å². The molecule has 10 aromatic rings. The summed E-state index contributed by atoms with van der Waals surface area (Å²) in [5.41, 5.74) is 3.75. The van der Waals surface area contributed by atoms with E-state index < -0.39 is 45.9 Å². The highest BCUT2D eigenvalue weighted by atomic mass is 16.3. The monoisotopic (exact) mass is 777 g/mol. The predicted molar refractivity (Wildman–Crippen MR) is 232 cm³/mol. The number of furan rings is 2. The van der Waals surface area contributed by atoms with Crippen molar-refractivity contribution in [1.82, 2.24) is 0 Å². The third-order valence-electron chi connectivity index (χ3n) is 11.0. The molecule has 0 saturated carbocycles. The Hall–Kier alpha value is -8.18. The van der Waals surface area contributed by atoms with Gasteiger partial charge in [-0.15, -0.1) is 0 Å². The van der Waals surface area contributed by atoms with Crippen LogP contribution < -0.4 is 10.4 Å². The molecule has 10 nitrogen and oxygen atoms in total. The van der Waals surface area contributed by atoms with Crippen LogP contribution in [0, 0.1) is 0 Å². The van der Waals surface area contributed by atoms with Crippen LogP contribution in [0.3, 0.4) is 0 Å². The first kappa shape index (κ1) is 35.3. The maximum atomic E-state index is 12.1. The lowest BCUT2D eigenvalue weighted by atomic mass is 9.82. The molecule has 8 aromatic carbocycles. The average Bonchev–Trinajstić information content (AvgIpc) is 3.84. The Kier molecular flexibility index (Phi) is 7.89. The zero-order valence-electron chi connectivity index (χ0n) is 31.2. The van der Waals surface area contributed by atoms with Crippen molar-refractivity contribution in [2.75, 3.05) is 4.90 Å². The SMILES string of the molecule is Bc1c(-c2cccc3c2oc2ccccc23)c(O)c(O)c(O)c1N(c1c(O)c(O)c(-c2ccc(-c3ccccc3)cc2)c(O)c1O)c1cccc2oc3ccccc3c12. The second kappa shape index (κ2) is 13.2. The number of para-hydroxylation sites is 3. The van der Waals surface area contributed by atoms with Crippen molar-refractivity contribution in [3.63, 3.8) is 0 Å². The fraction of sp³-hybridized carbons (Fsp3) is 0. The van der Waals surface area contributed by atoms with Gasteiger partial charge in [-0.05, 0) is 46.4 Å². The van der Waals surface area contributed by atoms with Crippen LogP contribution in [0.1, 0.15) is 0 Å². The highest BCUT2D eigenvalue weighted by Crippen LogP contribution is 2.61. The third kappa shape index (κ3) is 5.22. The lowest BCUT2D eigenvalue weighted by Gasteiger charge is -2.31. The Morgan fingerprint density at radius 2 is 0.915 bits per heavy atom. The molecule has 0 amide bonds. The Labute approximate surface area is 336 Å². The van der Waals surface area contributed by atoms with Crippen LogP contribution in [0.5, 0.6) is 40.2 Å². The number of phenolic OH excluding ortho intramolecular Hbond substituents is 7. The number of aromatic hydroxyl groups is 7. The lowest BCUT2D eigenvalue weighted by Crippen LogP contribution is -2.22. The summed E-state index contributed by atoms with van der Waals surface area (Å²) in [4.78, 5) is 1.22. The van der Waals surface area contributed by atoms with Crippen LogP contribution in [0.2, 0.25) is 0 Å². The average molecular weight is 778 g/mol. The molecule has 7 N–H and O–H groups in total. The van der Waals surface area contributed by atoms with E-state index in [1.165, 1.54) is 4.90 Å². The Balaban J connectivity index is 1.27. The molecule has 0 aliphatic rings. The van der Waals surface area contributed by atoms with Gasteiger partial charge in [0.2, 0.25) is 5.75 Å². The minimum atomic E-state index is -0.912. The molecule has 11 heteroatoms. The second-order valence-electron chi connectivity index (χ2n) is 14.3. The van der Waals surface area contributed by atoms with Crippen molar-refractivity contribution < 1.29 is 44.6 Å². The van der Waals surface area contributed by atoms with Gasteiger partial charge < -0.3 is 44.6 Å². The molecule has 0 spiro atoms. The van der Waals surface area contributed by atoms with Gasteiger partial charge in [-0.1, -0.05) is 115 Å². The van der Waals surface area contributed by atoms with Gasteiger partial charge in [0.05, 0.1) is 22.3 Å². The minimum absolute atomic E-state index is 0.0664. The molecule has 2 aromatic heterocycles. The van der Waals surface area contributed by atoms with Gasteiger partial charge in [0.25, 0.3) is 0 Å². The van der Waals surface area contributed by atoms with Crippen LogP contribution in [0.4, 0.5) is 17.1 Å². The zero-order valence-corrected chi connectivity index (χ0v) is 31.2. The van der Waals surface area contributed by atoms with Gasteiger partial charge >= 0.3 is 0 Å². The summed E-state index contributed by atoms with van der Waals surface area (Å²) >= 11 is 0. The fourth-order valence-electron chi connectivity index (χ4n) is 8.29. The van der Waals surface area contributed by atoms with Crippen molar-refractivity contribution in [3.05, 3.63) is 140 Å². The molecule has 0 unspecified atom stereocenters. The molecule has 0 radical (unpaired) electrons. The van der Waals surface area contributed by atoms with Crippen LogP contribution in [0.25, 0.3) is 77.3 Å². The first-order valence-corrected chi connectivity index (χ1v) is 18.7. The number of fused-ring (bicyclic) bond motifs is 6. The van der Waals surface area contributed by atoms with E-state index in [1.54, 1.807) is 74.6 Å². The summed E-state index contributed by atoms with van der Waals surface area (Å²) in [6.45, 7) is 0. The van der Waals surface area contributed by atoms with Gasteiger partial charge in [0, 0.05) is 27.3 Å². The summed E-state index contributed by atoms with van der Waals surface area (Å²) in [7, 11) is 1.59. The molecule has 0 aliphatic heterocycles. The quantitative estimate of drug-likeness (QED) is 0.0490. The highest BCUT2D eigenvalue weighted by Gasteiger charge is 2.36. The van der Waals surface area contributed by atoms with E-state index in [9.17, 15) is 35.7 Å². The molecule has 0 aliphatic carbocycles. The second-order valence-corrected chi connectivity index (χ2v) is 14.3. The zero-order chi connectivity index (χ0) is 40.7. The summed E-state index contributed by atoms with van der Waals surface area (Å²) in [6.07, 6.45) is 0. The Bertz CT molecular complexity index is 3290. The van der Waals surface area contributed by atoms with Crippen LogP contribution in [-0.2, 0) is 0 Å². The predicted octanol–water partition coefficient (Wildman–Crippen LogP) is 10.2. The number of phenols is 7. The van der Waals surface area contributed by atoms with Crippen LogP contribution in [0.15, 0.2) is 148 Å². The van der Waals surface area contributed by atoms with Crippen LogP contribution in [-0.4, -0.2) is 43.6 Å². The van der Waals surface area contributed by atoms with E-state index in [-0.39, 0.29) is 33.5 Å². The van der Waals surface area contributed by atoms with Gasteiger partial charge in [0.1, 0.15) is 35.9 Å². The molecule has 0 bridgehead atoms. The largest absolute Gasteiger partial charge is 0.504 e. The number of anilines is 3. The minimum Gasteiger partial charge on any atom is -0.504 e. The Morgan fingerprint density at radius 1 is 0.390 bits per heavy atom. The topological polar surface area (TPSA) is 171 Å².